The van der Waals surface area contributed by atoms with Gasteiger partial charge in [-0.3, -0.25) is 9.48 Å². The molecule has 160 valence electrons. The highest BCUT2D eigenvalue weighted by molar-refractivity contribution is 7.14. The van der Waals surface area contributed by atoms with Crippen molar-refractivity contribution >= 4 is 28.8 Å². The molecule has 0 aliphatic carbocycles. The first-order chi connectivity index (χ1) is 14.4. The van der Waals surface area contributed by atoms with Gasteiger partial charge in [0.1, 0.15) is 5.83 Å². The van der Waals surface area contributed by atoms with Gasteiger partial charge in [0.2, 0.25) is 0 Å². The molecule has 0 unspecified atom stereocenters. The first-order valence-electron chi connectivity index (χ1n) is 9.90. The van der Waals surface area contributed by atoms with Crippen molar-refractivity contribution in [2.75, 3.05) is 13.6 Å². The van der Waals surface area contributed by atoms with Crippen LogP contribution in [0.4, 0.5) is 4.39 Å². The highest BCUT2D eigenvalue weighted by Crippen LogP contribution is 2.38. The van der Waals surface area contributed by atoms with Crippen LogP contribution in [-0.4, -0.2) is 35.3 Å². The molecule has 1 amide bonds. The summed E-state index contributed by atoms with van der Waals surface area (Å²) in [6.07, 6.45) is 8.34. The number of nitrogens with one attached hydrogen (secondary N) is 2. The van der Waals surface area contributed by atoms with Crippen LogP contribution in [0.25, 0.3) is 11.3 Å². The molecule has 0 fully saturated rings. The van der Waals surface area contributed by atoms with Crippen molar-refractivity contribution in [3.05, 3.63) is 63.2 Å². The Bertz CT molecular complexity index is 991. The van der Waals surface area contributed by atoms with Gasteiger partial charge in [-0.15, -0.1) is 11.3 Å². The lowest BCUT2D eigenvalue weighted by molar-refractivity contribution is 0.0941. The number of allylic oxidation sites excluding steroid dienone is 4. The molecule has 30 heavy (non-hydrogen) atoms. The van der Waals surface area contributed by atoms with Crippen LogP contribution in [0.3, 0.4) is 0 Å². The molecule has 2 aromatic rings. The lowest BCUT2D eigenvalue weighted by Gasteiger charge is -2.18. The molecule has 3 rings (SSSR count). The minimum atomic E-state index is -0.354. The van der Waals surface area contributed by atoms with E-state index in [4.69, 9.17) is 11.6 Å². The Balaban J connectivity index is 1.76. The molecule has 0 saturated heterocycles. The maximum absolute atomic E-state index is 13.7. The molecule has 0 spiro atoms. The number of fused-ring (bicyclic) bond motifs is 3. The van der Waals surface area contributed by atoms with Crippen LogP contribution in [0.2, 0.25) is 5.02 Å². The summed E-state index contributed by atoms with van der Waals surface area (Å²) in [5.74, 6) is -0.506. The van der Waals surface area contributed by atoms with Gasteiger partial charge in [0.05, 0.1) is 21.8 Å². The Morgan fingerprint density at radius 3 is 3.07 bits per heavy atom. The third kappa shape index (κ3) is 5.28. The Morgan fingerprint density at radius 2 is 2.33 bits per heavy atom. The van der Waals surface area contributed by atoms with E-state index in [1.807, 2.05) is 17.8 Å². The van der Waals surface area contributed by atoms with Crippen LogP contribution in [0.15, 0.2) is 48.5 Å². The summed E-state index contributed by atoms with van der Waals surface area (Å²) in [4.78, 5) is 14.7. The molecule has 0 saturated carbocycles. The smallest absolute Gasteiger partial charge is 0.261 e. The summed E-state index contributed by atoms with van der Waals surface area (Å²) >= 11 is 7.85. The van der Waals surface area contributed by atoms with Gasteiger partial charge in [-0.25, -0.2) is 4.39 Å². The van der Waals surface area contributed by atoms with Crippen LogP contribution in [0.1, 0.15) is 34.3 Å². The van der Waals surface area contributed by atoms with Crippen LogP contribution < -0.4 is 10.6 Å². The van der Waals surface area contributed by atoms with E-state index < -0.39 is 0 Å². The summed E-state index contributed by atoms with van der Waals surface area (Å²) in [6, 6.07) is 1.69. The van der Waals surface area contributed by atoms with Gasteiger partial charge in [0.25, 0.3) is 5.91 Å². The average molecular weight is 449 g/mol. The van der Waals surface area contributed by atoms with Crippen molar-refractivity contribution in [1.82, 2.24) is 20.4 Å². The highest BCUT2D eigenvalue weighted by atomic mass is 35.5. The predicted octanol–water partition coefficient (Wildman–Crippen LogP) is 4.90. The summed E-state index contributed by atoms with van der Waals surface area (Å²) < 4.78 is 15.6. The van der Waals surface area contributed by atoms with Gasteiger partial charge < -0.3 is 10.6 Å². The average Bonchev–Trinajstić information content (AvgIpc) is 3.21. The fourth-order valence-electron chi connectivity index (χ4n) is 3.57. The Kier molecular flexibility index (Phi) is 7.64. The fourth-order valence-corrected chi connectivity index (χ4v) is 4.92. The first-order valence-corrected chi connectivity index (χ1v) is 11.1. The molecule has 1 aliphatic rings. The zero-order valence-corrected chi connectivity index (χ0v) is 18.7. The predicted molar refractivity (Wildman–Crippen MR) is 122 cm³/mol. The van der Waals surface area contributed by atoms with E-state index >= 15 is 0 Å². The molecule has 0 aromatic carbocycles. The number of nitrogens with zero attached hydrogens (tertiary/aromatic N) is 2. The van der Waals surface area contributed by atoms with Crippen molar-refractivity contribution in [2.45, 2.75) is 38.8 Å². The van der Waals surface area contributed by atoms with Crippen LogP contribution in [0.5, 0.6) is 0 Å². The van der Waals surface area contributed by atoms with E-state index in [1.165, 1.54) is 23.5 Å². The Morgan fingerprint density at radius 1 is 1.53 bits per heavy atom. The Labute approximate surface area is 185 Å². The molecule has 5 nitrogen and oxygen atoms in total. The summed E-state index contributed by atoms with van der Waals surface area (Å²) in [5, 5.41) is 11.1. The van der Waals surface area contributed by atoms with Crippen molar-refractivity contribution in [3.63, 3.8) is 0 Å². The second kappa shape index (κ2) is 10.2. The lowest BCUT2D eigenvalue weighted by atomic mass is 10.1. The first kappa shape index (κ1) is 22.5. The number of carbonyl (C=O) groups excluding carboxylic acids is 1. The lowest BCUT2D eigenvalue weighted by Crippen LogP contribution is -2.41. The van der Waals surface area contributed by atoms with Crippen LogP contribution in [0, 0.1) is 0 Å². The Hall–Kier alpha value is -2.22. The van der Waals surface area contributed by atoms with E-state index in [9.17, 15) is 9.18 Å². The number of likely N-dealkylation sites (N-methyl/N-ethyl adjacent to an activating group) is 1. The molecule has 0 radical (unpaired) electrons. The summed E-state index contributed by atoms with van der Waals surface area (Å²) in [6.45, 7) is 7.04. The molecule has 1 aliphatic heterocycles. The van der Waals surface area contributed by atoms with E-state index in [0.29, 0.717) is 28.4 Å². The van der Waals surface area contributed by atoms with E-state index in [2.05, 4.69) is 22.3 Å². The second-order valence-electron chi connectivity index (χ2n) is 7.23. The minimum Gasteiger partial charge on any atom is -0.347 e. The van der Waals surface area contributed by atoms with Crippen molar-refractivity contribution in [1.29, 1.82) is 0 Å². The second-order valence-corrected chi connectivity index (χ2v) is 8.78. The number of halogens is 2. The van der Waals surface area contributed by atoms with Crippen LogP contribution in [-0.2, 0) is 13.0 Å². The van der Waals surface area contributed by atoms with E-state index in [0.717, 1.165) is 35.5 Å². The van der Waals surface area contributed by atoms with Gasteiger partial charge in [0, 0.05) is 29.6 Å². The molecular formula is C22H26ClFN4OS. The maximum Gasteiger partial charge on any atom is 0.261 e. The largest absolute Gasteiger partial charge is 0.347 e. The van der Waals surface area contributed by atoms with Crippen molar-refractivity contribution in [2.24, 2.45) is 0 Å². The zero-order chi connectivity index (χ0) is 21.7. The standard InChI is InChI=1S/C22H26ClFN4OS/c1-4-6-15(24)9-14(2)10-16(12-25-3)27-22(29)20-11-17-19(30-20)7-5-8-28-21(17)18(23)13-26-28/h4,6,9,11,13,16,25H,2,5,7-8,10,12H2,1,3H3,(H,27,29)/b6-4-,15-9+/t16-/m0/s1. The SMILES string of the molecule is C=C(/C=C(F)\C=C/C)C[C@@H](CNC)NC(=O)c1cc2c(s1)CCCn1ncc(Cl)c1-2. The summed E-state index contributed by atoms with van der Waals surface area (Å²) in [5.41, 5.74) is 2.48. The molecule has 2 N–H and O–H groups in total. The zero-order valence-electron chi connectivity index (χ0n) is 17.2. The number of carbonyl (C=O) groups is 1. The molecule has 2 aromatic heterocycles. The minimum absolute atomic E-state index is 0.152. The van der Waals surface area contributed by atoms with Crippen LogP contribution >= 0.6 is 22.9 Å². The fraction of sp³-hybridized carbons (Fsp3) is 0.364. The summed E-state index contributed by atoms with van der Waals surface area (Å²) in [7, 11) is 1.81. The number of aromatic nitrogens is 2. The maximum atomic E-state index is 13.7. The molecule has 0 bridgehead atoms. The van der Waals surface area contributed by atoms with E-state index in [1.54, 1.807) is 19.2 Å². The topological polar surface area (TPSA) is 58.9 Å². The molecular weight excluding hydrogens is 423 g/mol. The number of thiophene rings is 1. The van der Waals surface area contributed by atoms with Gasteiger partial charge in [-0.2, -0.15) is 5.10 Å². The van der Waals surface area contributed by atoms with Gasteiger partial charge in [0.15, 0.2) is 0 Å². The number of amides is 1. The number of hydrogen-bond donors (Lipinski definition) is 2. The molecule has 8 heteroatoms. The number of aryl methyl sites for hydroxylation is 2. The quantitative estimate of drug-likeness (QED) is 0.564. The third-order valence-electron chi connectivity index (χ3n) is 4.82. The van der Waals surface area contributed by atoms with Gasteiger partial charge in [-0.05, 0) is 51.5 Å². The normalized spacial score (nSPS) is 14.9. The van der Waals surface area contributed by atoms with Gasteiger partial charge >= 0.3 is 0 Å². The third-order valence-corrected chi connectivity index (χ3v) is 6.29. The van der Waals surface area contributed by atoms with Gasteiger partial charge in [-0.1, -0.05) is 29.8 Å². The van der Waals surface area contributed by atoms with Crippen molar-refractivity contribution in [3.8, 4) is 11.3 Å². The number of rotatable bonds is 8. The molecule has 1 atom stereocenters. The van der Waals surface area contributed by atoms with Crippen molar-refractivity contribution < 1.29 is 9.18 Å². The number of hydrogen-bond acceptors (Lipinski definition) is 4. The monoisotopic (exact) mass is 448 g/mol. The van der Waals surface area contributed by atoms with E-state index in [-0.39, 0.29) is 17.8 Å². The molecule has 3 heterocycles. The highest BCUT2D eigenvalue weighted by Gasteiger charge is 2.24.